The van der Waals surface area contributed by atoms with Gasteiger partial charge in [0.2, 0.25) is 5.91 Å². The minimum absolute atomic E-state index is 0.0571. The summed E-state index contributed by atoms with van der Waals surface area (Å²) < 4.78 is 7.16. The summed E-state index contributed by atoms with van der Waals surface area (Å²) in [5.74, 6) is 1.91. The van der Waals surface area contributed by atoms with E-state index >= 15 is 0 Å². The number of rotatable bonds is 4. The number of aryl methyl sites for hydroxylation is 1. The Labute approximate surface area is 150 Å². The third-order valence-corrected chi connectivity index (χ3v) is 4.21. The molecule has 3 aromatic rings. The first-order chi connectivity index (χ1) is 12.6. The highest BCUT2D eigenvalue weighted by Gasteiger charge is 2.20. The van der Waals surface area contributed by atoms with Crippen LogP contribution in [0.3, 0.4) is 0 Å². The molecule has 9 nitrogen and oxygen atoms in total. The van der Waals surface area contributed by atoms with Gasteiger partial charge in [-0.25, -0.2) is 4.98 Å². The number of fused-ring (bicyclic) bond motifs is 1. The van der Waals surface area contributed by atoms with E-state index in [4.69, 9.17) is 4.52 Å². The number of hydrogen-bond acceptors (Lipinski definition) is 7. The molecule has 0 unspecified atom stereocenters. The Morgan fingerprint density at radius 3 is 2.92 bits per heavy atom. The number of nitrogens with one attached hydrogen (secondary N) is 1. The Morgan fingerprint density at radius 1 is 1.35 bits per heavy atom. The number of hydrogen-bond donors (Lipinski definition) is 1. The molecule has 0 radical (unpaired) electrons. The molecule has 0 saturated carbocycles. The summed E-state index contributed by atoms with van der Waals surface area (Å²) in [4.78, 5) is 22.0. The monoisotopic (exact) mass is 353 g/mol. The van der Waals surface area contributed by atoms with E-state index < -0.39 is 0 Å². The molecule has 4 heterocycles. The zero-order chi connectivity index (χ0) is 18.1. The molecule has 134 valence electrons. The predicted octanol–water partition coefficient (Wildman–Crippen LogP) is 1.29. The minimum Gasteiger partial charge on any atom is -0.351 e. The maximum atomic E-state index is 11.1. The van der Waals surface area contributed by atoms with Crippen LogP contribution in [0, 0.1) is 6.92 Å². The van der Waals surface area contributed by atoms with Gasteiger partial charge in [-0.3, -0.25) is 9.48 Å². The fourth-order valence-electron chi connectivity index (χ4n) is 2.94. The standard InChI is InChI=1S/C17H19N7O2/c1-11-20-17(26-22-11)13-3-4-16(19-8-13)23-5-6-24-15(10-23)7-14(21-24)9-18-12(2)25/h3-4,7-8H,5-6,9-10H2,1-2H3,(H,18,25). The summed E-state index contributed by atoms with van der Waals surface area (Å²) in [5.41, 5.74) is 2.77. The highest BCUT2D eigenvalue weighted by atomic mass is 16.5. The summed E-state index contributed by atoms with van der Waals surface area (Å²) in [7, 11) is 0. The number of pyridine rings is 1. The molecule has 0 bridgehead atoms. The molecule has 0 saturated heterocycles. The van der Waals surface area contributed by atoms with E-state index in [0.717, 1.165) is 42.4 Å². The van der Waals surface area contributed by atoms with Crippen LogP contribution in [0.2, 0.25) is 0 Å². The SMILES string of the molecule is CC(=O)NCc1cc2n(n1)CCN(c1ccc(-c3nc(C)no3)cn1)C2. The molecule has 0 aromatic carbocycles. The lowest BCUT2D eigenvalue weighted by molar-refractivity contribution is -0.119. The number of amides is 1. The number of aromatic nitrogens is 5. The van der Waals surface area contributed by atoms with E-state index in [1.807, 2.05) is 22.9 Å². The van der Waals surface area contributed by atoms with Gasteiger partial charge < -0.3 is 14.7 Å². The number of anilines is 1. The van der Waals surface area contributed by atoms with Gasteiger partial charge in [-0.05, 0) is 25.1 Å². The summed E-state index contributed by atoms with van der Waals surface area (Å²) in [5, 5.41) is 11.1. The molecular formula is C17H19N7O2. The lowest BCUT2D eigenvalue weighted by atomic mass is 10.2. The largest absolute Gasteiger partial charge is 0.351 e. The number of nitrogens with zero attached hydrogens (tertiary/aromatic N) is 6. The van der Waals surface area contributed by atoms with Gasteiger partial charge in [0, 0.05) is 19.7 Å². The molecule has 9 heteroatoms. The van der Waals surface area contributed by atoms with Crippen molar-refractivity contribution in [3.63, 3.8) is 0 Å². The van der Waals surface area contributed by atoms with Gasteiger partial charge in [-0.1, -0.05) is 5.16 Å². The number of carbonyl (C=O) groups is 1. The van der Waals surface area contributed by atoms with Crippen LogP contribution in [0.4, 0.5) is 5.82 Å². The zero-order valence-corrected chi connectivity index (χ0v) is 14.6. The van der Waals surface area contributed by atoms with Crippen LogP contribution < -0.4 is 10.2 Å². The first-order valence-electron chi connectivity index (χ1n) is 8.40. The second-order valence-electron chi connectivity index (χ2n) is 6.23. The molecule has 1 aliphatic rings. The van der Waals surface area contributed by atoms with Crippen molar-refractivity contribution >= 4 is 11.7 Å². The van der Waals surface area contributed by atoms with Gasteiger partial charge in [-0.15, -0.1) is 0 Å². The second-order valence-corrected chi connectivity index (χ2v) is 6.23. The maximum Gasteiger partial charge on any atom is 0.259 e. The van der Waals surface area contributed by atoms with Crippen LogP contribution >= 0.6 is 0 Å². The van der Waals surface area contributed by atoms with Crippen LogP contribution in [0.15, 0.2) is 28.9 Å². The van der Waals surface area contributed by atoms with E-state index in [1.54, 1.807) is 13.1 Å². The second kappa shape index (κ2) is 6.58. The highest BCUT2D eigenvalue weighted by molar-refractivity contribution is 5.72. The van der Waals surface area contributed by atoms with Crippen LogP contribution in [-0.2, 0) is 24.4 Å². The van der Waals surface area contributed by atoms with Crippen molar-refractivity contribution in [2.75, 3.05) is 11.4 Å². The molecule has 0 fully saturated rings. The van der Waals surface area contributed by atoms with Crippen LogP contribution in [0.1, 0.15) is 24.1 Å². The van der Waals surface area contributed by atoms with E-state index in [9.17, 15) is 4.79 Å². The molecule has 0 aliphatic carbocycles. The molecule has 3 aromatic heterocycles. The Hall–Kier alpha value is -3.23. The first-order valence-corrected chi connectivity index (χ1v) is 8.40. The topological polar surface area (TPSA) is 102 Å². The van der Waals surface area contributed by atoms with Crippen molar-refractivity contribution in [2.45, 2.75) is 33.5 Å². The third kappa shape index (κ3) is 3.28. The Morgan fingerprint density at radius 2 is 2.23 bits per heavy atom. The van der Waals surface area contributed by atoms with Gasteiger partial charge in [0.1, 0.15) is 5.82 Å². The molecule has 1 aliphatic heterocycles. The molecule has 1 amide bonds. The van der Waals surface area contributed by atoms with Gasteiger partial charge in [0.15, 0.2) is 5.82 Å². The fourth-order valence-corrected chi connectivity index (χ4v) is 2.94. The Balaban J connectivity index is 1.47. The smallest absolute Gasteiger partial charge is 0.259 e. The lowest BCUT2D eigenvalue weighted by Crippen LogP contribution is -2.34. The molecule has 0 spiro atoms. The Kier molecular flexibility index (Phi) is 4.11. The molecule has 4 rings (SSSR count). The van der Waals surface area contributed by atoms with Crippen LogP contribution in [0.25, 0.3) is 11.5 Å². The maximum absolute atomic E-state index is 11.1. The average Bonchev–Trinajstić information content (AvgIpc) is 3.25. The van der Waals surface area contributed by atoms with E-state index in [0.29, 0.717) is 18.3 Å². The summed E-state index contributed by atoms with van der Waals surface area (Å²) in [6, 6.07) is 5.92. The molecule has 26 heavy (non-hydrogen) atoms. The van der Waals surface area contributed by atoms with Crippen LogP contribution in [-0.4, -0.2) is 37.4 Å². The summed E-state index contributed by atoms with van der Waals surface area (Å²) in [6.45, 7) is 6.06. The van der Waals surface area contributed by atoms with Gasteiger partial charge in [-0.2, -0.15) is 10.1 Å². The lowest BCUT2D eigenvalue weighted by Gasteiger charge is -2.28. The molecule has 0 atom stereocenters. The summed E-state index contributed by atoms with van der Waals surface area (Å²) >= 11 is 0. The Bertz CT molecular complexity index is 929. The average molecular weight is 353 g/mol. The summed E-state index contributed by atoms with van der Waals surface area (Å²) in [6.07, 6.45) is 1.75. The molecular weight excluding hydrogens is 334 g/mol. The van der Waals surface area contributed by atoms with Gasteiger partial charge >= 0.3 is 0 Å². The van der Waals surface area contributed by atoms with Crippen molar-refractivity contribution in [1.82, 2.24) is 30.2 Å². The number of carbonyl (C=O) groups excluding carboxylic acids is 1. The van der Waals surface area contributed by atoms with Crippen molar-refractivity contribution < 1.29 is 9.32 Å². The van der Waals surface area contributed by atoms with E-state index in [2.05, 4.69) is 30.4 Å². The highest BCUT2D eigenvalue weighted by Crippen LogP contribution is 2.22. The predicted molar refractivity (Wildman–Crippen MR) is 93.1 cm³/mol. The van der Waals surface area contributed by atoms with Crippen molar-refractivity contribution in [1.29, 1.82) is 0 Å². The van der Waals surface area contributed by atoms with Gasteiger partial charge in [0.05, 0.1) is 36.6 Å². The molecule has 1 N–H and O–H groups in total. The van der Waals surface area contributed by atoms with Crippen molar-refractivity contribution in [3.8, 4) is 11.5 Å². The third-order valence-electron chi connectivity index (χ3n) is 4.21. The van der Waals surface area contributed by atoms with Gasteiger partial charge in [0.25, 0.3) is 5.89 Å². The zero-order valence-electron chi connectivity index (χ0n) is 14.6. The first kappa shape index (κ1) is 16.2. The van der Waals surface area contributed by atoms with Crippen molar-refractivity contribution in [2.24, 2.45) is 0 Å². The minimum atomic E-state index is -0.0571. The van der Waals surface area contributed by atoms with Crippen molar-refractivity contribution in [3.05, 3.63) is 41.6 Å². The normalized spacial score (nSPS) is 13.5. The van der Waals surface area contributed by atoms with E-state index in [-0.39, 0.29) is 5.91 Å². The quantitative estimate of drug-likeness (QED) is 0.754. The fraction of sp³-hybridized carbons (Fsp3) is 0.353. The van der Waals surface area contributed by atoms with Crippen LogP contribution in [0.5, 0.6) is 0 Å². The van der Waals surface area contributed by atoms with E-state index in [1.165, 1.54) is 6.92 Å².